The summed E-state index contributed by atoms with van der Waals surface area (Å²) in [5, 5.41) is 4.40. The van der Waals surface area contributed by atoms with E-state index in [-0.39, 0.29) is 0 Å². The summed E-state index contributed by atoms with van der Waals surface area (Å²) in [6.45, 7) is 0. The highest BCUT2D eigenvalue weighted by molar-refractivity contribution is 8.18. The van der Waals surface area contributed by atoms with Gasteiger partial charge in [-0.1, -0.05) is 47.8 Å². The van der Waals surface area contributed by atoms with Crippen molar-refractivity contribution in [1.29, 1.82) is 0 Å². The Kier molecular flexibility index (Phi) is 4.80. The number of methoxy groups -OCH3 is 2. The van der Waals surface area contributed by atoms with Gasteiger partial charge in [0, 0.05) is 9.81 Å². The van der Waals surface area contributed by atoms with Crippen molar-refractivity contribution >= 4 is 33.3 Å². The molecular formula is C18H16O2S2. The molecule has 4 heteroatoms. The van der Waals surface area contributed by atoms with Gasteiger partial charge in [0.25, 0.3) is 0 Å². The molecule has 0 saturated heterocycles. The van der Waals surface area contributed by atoms with Crippen LogP contribution in [0, 0.1) is 0 Å². The summed E-state index contributed by atoms with van der Waals surface area (Å²) in [4.78, 5) is 2.51. The Bertz CT molecular complexity index is 637. The molecule has 0 spiro atoms. The Hall–Kier alpha value is -1.78. The number of thioether (sulfide) groups is 2. The third kappa shape index (κ3) is 3.34. The summed E-state index contributed by atoms with van der Waals surface area (Å²) < 4.78 is 10.4. The van der Waals surface area contributed by atoms with Gasteiger partial charge in [-0.25, -0.2) is 0 Å². The minimum atomic E-state index is 0.882. The summed E-state index contributed by atoms with van der Waals surface area (Å²) in [5.41, 5.74) is 2.42. The molecule has 1 heterocycles. The average molecular weight is 328 g/mol. The molecule has 22 heavy (non-hydrogen) atoms. The predicted octanol–water partition coefficient (Wildman–Crippen LogP) is 5.48. The van der Waals surface area contributed by atoms with Crippen LogP contribution in [-0.4, -0.2) is 14.2 Å². The van der Waals surface area contributed by atoms with Gasteiger partial charge in [0.1, 0.15) is 11.5 Å². The van der Waals surface area contributed by atoms with Crippen LogP contribution in [0.3, 0.4) is 0 Å². The maximum Gasteiger partial charge on any atom is 0.118 e. The molecular weight excluding hydrogens is 312 g/mol. The number of benzene rings is 2. The fraction of sp³-hybridized carbons (Fsp3) is 0.111. The van der Waals surface area contributed by atoms with Crippen LogP contribution in [0.5, 0.6) is 11.5 Å². The third-order valence-corrected chi connectivity index (χ3v) is 5.56. The molecule has 0 unspecified atom stereocenters. The fourth-order valence-electron chi connectivity index (χ4n) is 2.07. The van der Waals surface area contributed by atoms with Crippen LogP contribution in [0.25, 0.3) is 9.81 Å². The molecule has 0 aliphatic carbocycles. The molecule has 2 aromatic rings. The minimum Gasteiger partial charge on any atom is -0.497 e. The molecule has 0 N–H and O–H groups in total. The van der Waals surface area contributed by atoms with Crippen molar-refractivity contribution in [2.75, 3.05) is 14.2 Å². The van der Waals surface area contributed by atoms with E-state index >= 15 is 0 Å². The van der Waals surface area contributed by atoms with Gasteiger partial charge in [0.05, 0.1) is 14.2 Å². The van der Waals surface area contributed by atoms with Gasteiger partial charge in [-0.2, -0.15) is 0 Å². The largest absolute Gasteiger partial charge is 0.497 e. The molecule has 0 aromatic heterocycles. The van der Waals surface area contributed by atoms with Crippen LogP contribution in [0.2, 0.25) is 0 Å². The van der Waals surface area contributed by atoms with Crippen LogP contribution >= 0.6 is 23.5 Å². The van der Waals surface area contributed by atoms with Gasteiger partial charge in [-0.05, 0) is 46.2 Å². The Morgan fingerprint density at radius 1 is 0.591 bits per heavy atom. The molecule has 0 fully saturated rings. The molecule has 0 atom stereocenters. The lowest BCUT2D eigenvalue weighted by Crippen LogP contribution is -1.87. The Morgan fingerprint density at radius 2 is 0.955 bits per heavy atom. The van der Waals surface area contributed by atoms with Crippen LogP contribution in [0.15, 0.2) is 59.3 Å². The molecule has 1 aliphatic rings. The molecule has 0 bridgehead atoms. The van der Waals surface area contributed by atoms with Gasteiger partial charge in [0.2, 0.25) is 0 Å². The predicted molar refractivity (Wildman–Crippen MR) is 97.1 cm³/mol. The number of hydrogen-bond donors (Lipinski definition) is 0. The first kappa shape index (κ1) is 15.1. The lowest BCUT2D eigenvalue weighted by molar-refractivity contribution is 0.414. The van der Waals surface area contributed by atoms with Crippen molar-refractivity contribution in [2.24, 2.45) is 0 Å². The number of ether oxygens (including phenoxy) is 2. The normalized spacial score (nSPS) is 14.1. The first-order valence-corrected chi connectivity index (χ1v) is 8.58. The zero-order valence-electron chi connectivity index (χ0n) is 12.4. The van der Waals surface area contributed by atoms with E-state index in [0.717, 1.165) is 11.5 Å². The van der Waals surface area contributed by atoms with Crippen LogP contribution in [0.4, 0.5) is 0 Å². The summed E-state index contributed by atoms with van der Waals surface area (Å²) in [7, 11) is 3.37. The van der Waals surface area contributed by atoms with E-state index in [1.165, 1.54) is 20.9 Å². The Balaban J connectivity index is 1.72. The first-order valence-electron chi connectivity index (χ1n) is 6.82. The smallest absolute Gasteiger partial charge is 0.118 e. The molecule has 0 amide bonds. The highest BCUT2D eigenvalue weighted by Gasteiger charge is 2.11. The van der Waals surface area contributed by atoms with Gasteiger partial charge in [-0.3, -0.25) is 0 Å². The number of hydrogen-bond acceptors (Lipinski definition) is 4. The van der Waals surface area contributed by atoms with Gasteiger partial charge in [-0.15, -0.1) is 0 Å². The van der Waals surface area contributed by atoms with E-state index < -0.39 is 0 Å². The summed E-state index contributed by atoms with van der Waals surface area (Å²) in [5.74, 6) is 1.76. The Labute approximate surface area is 139 Å². The van der Waals surface area contributed by atoms with Crippen molar-refractivity contribution in [2.45, 2.75) is 0 Å². The first-order chi connectivity index (χ1) is 10.8. The molecule has 0 radical (unpaired) electrons. The van der Waals surface area contributed by atoms with Crippen LogP contribution in [-0.2, 0) is 0 Å². The van der Waals surface area contributed by atoms with Crippen molar-refractivity contribution in [3.63, 3.8) is 0 Å². The van der Waals surface area contributed by atoms with E-state index in [2.05, 4.69) is 35.1 Å². The van der Waals surface area contributed by atoms with E-state index in [4.69, 9.17) is 9.47 Å². The van der Waals surface area contributed by atoms with E-state index in [1.807, 2.05) is 24.3 Å². The Morgan fingerprint density at radius 3 is 1.23 bits per heavy atom. The lowest BCUT2D eigenvalue weighted by Gasteiger charge is -2.14. The average Bonchev–Trinajstić information content (AvgIpc) is 2.62. The summed E-state index contributed by atoms with van der Waals surface area (Å²) >= 11 is 3.50. The van der Waals surface area contributed by atoms with E-state index in [9.17, 15) is 0 Å². The molecule has 0 saturated carbocycles. The lowest BCUT2D eigenvalue weighted by atomic mass is 10.2. The quantitative estimate of drug-likeness (QED) is 0.739. The monoisotopic (exact) mass is 328 g/mol. The topological polar surface area (TPSA) is 18.5 Å². The van der Waals surface area contributed by atoms with Gasteiger partial charge >= 0.3 is 0 Å². The molecule has 3 rings (SSSR count). The van der Waals surface area contributed by atoms with Crippen LogP contribution in [0.1, 0.15) is 11.1 Å². The second-order valence-corrected chi connectivity index (χ2v) is 6.48. The number of rotatable bonds is 4. The summed E-state index contributed by atoms with van der Waals surface area (Å²) in [6, 6.07) is 16.3. The van der Waals surface area contributed by atoms with Crippen molar-refractivity contribution < 1.29 is 9.47 Å². The SMILES string of the molecule is COc1ccc(C2=CSC(c3ccc(OC)cc3)=CS2)cc1. The second kappa shape index (κ2) is 6.99. The van der Waals surface area contributed by atoms with Gasteiger partial charge < -0.3 is 9.47 Å². The standard InChI is InChI=1S/C18H16O2S2/c1-19-15-7-3-13(4-8-15)17-11-22-18(12-21-17)14-5-9-16(20-2)10-6-14/h3-12H,1-2H3. The maximum absolute atomic E-state index is 5.20. The zero-order valence-corrected chi connectivity index (χ0v) is 14.0. The second-order valence-electron chi connectivity index (χ2n) is 4.66. The van der Waals surface area contributed by atoms with Crippen molar-refractivity contribution in [3.05, 3.63) is 70.5 Å². The van der Waals surface area contributed by atoms with Crippen molar-refractivity contribution in [1.82, 2.24) is 0 Å². The van der Waals surface area contributed by atoms with E-state index in [0.29, 0.717) is 0 Å². The van der Waals surface area contributed by atoms with Crippen molar-refractivity contribution in [3.8, 4) is 11.5 Å². The highest BCUT2D eigenvalue weighted by Crippen LogP contribution is 2.43. The molecule has 2 nitrogen and oxygen atoms in total. The molecule has 2 aromatic carbocycles. The third-order valence-electron chi connectivity index (χ3n) is 3.33. The minimum absolute atomic E-state index is 0.882. The molecule has 1 aliphatic heterocycles. The summed E-state index contributed by atoms with van der Waals surface area (Å²) in [6.07, 6.45) is 0. The van der Waals surface area contributed by atoms with E-state index in [1.54, 1.807) is 37.7 Å². The van der Waals surface area contributed by atoms with Crippen LogP contribution < -0.4 is 9.47 Å². The zero-order chi connectivity index (χ0) is 15.4. The van der Waals surface area contributed by atoms with Gasteiger partial charge in [0.15, 0.2) is 0 Å². The highest BCUT2D eigenvalue weighted by atomic mass is 32.2. The maximum atomic E-state index is 5.20. The molecule has 112 valence electrons. The fourth-order valence-corrected chi connectivity index (χ4v) is 4.09.